The molecular formula is C13H28O3. The lowest BCUT2D eigenvalue weighted by Crippen LogP contribution is -2.24. The Morgan fingerprint density at radius 2 is 1.69 bits per heavy atom. The number of methoxy groups -OCH3 is 2. The number of unbranched alkanes of at least 4 members (excludes halogenated alkanes) is 3. The van der Waals surface area contributed by atoms with Crippen LogP contribution >= 0.6 is 0 Å². The van der Waals surface area contributed by atoms with Crippen LogP contribution in [0.1, 0.15) is 52.4 Å². The molecule has 0 aliphatic rings. The molecule has 3 nitrogen and oxygen atoms in total. The predicted molar refractivity (Wildman–Crippen MR) is 66.6 cm³/mol. The fourth-order valence-electron chi connectivity index (χ4n) is 1.76. The summed E-state index contributed by atoms with van der Waals surface area (Å²) in [5.41, 5.74) is 0. The molecule has 0 aromatic rings. The molecular weight excluding hydrogens is 204 g/mol. The summed E-state index contributed by atoms with van der Waals surface area (Å²) in [6.45, 7) is 4.89. The van der Waals surface area contributed by atoms with E-state index in [4.69, 9.17) is 14.2 Å². The molecule has 0 unspecified atom stereocenters. The van der Waals surface area contributed by atoms with Crippen molar-refractivity contribution in [2.24, 2.45) is 0 Å². The monoisotopic (exact) mass is 232 g/mol. The van der Waals surface area contributed by atoms with Gasteiger partial charge >= 0.3 is 0 Å². The van der Waals surface area contributed by atoms with Gasteiger partial charge in [0.25, 0.3) is 0 Å². The molecule has 0 rings (SSSR count). The van der Waals surface area contributed by atoms with Gasteiger partial charge in [-0.3, -0.25) is 0 Å². The second-order valence-electron chi connectivity index (χ2n) is 4.06. The minimum atomic E-state index is -0.124. The Morgan fingerprint density at radius 1 is 0.938 bits per heavy atom. The second kappa shape index (κ2) is 11.4. The lowest BCUT2D eigenvalue weighted by molar-refractivity contribution is -0.141. The van der Waals surface area contributed by atoms with Crippen LogP contribution in [0.2, 0.25) is 0 Å². The van der Waals surface area contributed by atoms with Crippen molar-refractivity contribution in [1.82, 2.24) is 0 Å². The van der Waals surface area contributed by atoms with Crippen molar-refractivity contribution in [2.75, 3.05) is 20.8 Å². The zero-order valence-electron chi connectivity index (χ0n) is 11.3. The molecule has 0 aromatic carbocycles. The SMILES string of the molecule is CCCCCC[C@@H](C[C@H](OC)OCC)OC. The van der Waals surface area contributed by atoms with Gasteiger partial charge in [-0.2, -0.15) is 0 Å². The molecule has 0 fully saturated rings. The van der Waals surface area contributed by atoms with Gasteiger partial charge in [0.05, 0.1) is 6.10 Å². The highest BCUT2D eigenvalue weighted by Crippen LogP contribution is 2.14. The van der Waals surface area contributed by atoms with E-state index in [0.29, 0.717) is 6.61 Å². The normalized spacial score (nSPS) is 15.0. The molecule has 2 atom stereocenters. The fraction of sp³-hybridized carbons (Fsp3) is 1.00. The van der Waals surface area contributed by atoms with Gasteiger partial charge in [-0.25, -0.2) is 0 Å². The maximum atomic E-state index is 5.45. The molecule has 98 valence electrons. The fourth-order valence-corrected chi connectivity index (χ4v) is 1.76. The van der Waals surface area contributed by atoms with Gasteiger partial charge in [0.2, 0.25) is 0 Å². The van der Waals surface area contributed by atoms with Gasteiger partial charge in [-0.05, 0) is 13.3 Å². The first-order valence-corrected chi connectivity index (χ1v) is 6.45. The van der Waals surface area contributed by atoms with Crippen LogP contribution in [0.4, 0.5) is 0 Å². The van der Waals surface area contributed by atoms with E-state index < -0.39 is 0 Å². The van der Waals surface area contributed by atoms with E-state index in [1.165, 1.54) is 25.7 Å². The third kappa shape index (κ3) is 8.08. The van der Waals surface area contributed by atoms with E-state index in [-0.39, 0.29) is 12.4 Å². The van der Waals surface area contributed by atoms with Crippen molar-refractivity contribution in [1.29, 1.82) is 0 Å². The summed E-state index contributed by atoms with van der Waals surface area (Å²) in [7, 11) is 3.45. The van der Waals surface area contributed by atoms with Crippen LogP contribution in [0, 0.1) is 0 Å². The third-order valence-electron chi connectivity index (χ3n) is 2.78. The third-order valence-corrected chi connectivity index (χ3v) is 2.78. The van der Waals surface area contributed by atoms with Crippen LogP contribution in [0.15, 0.2) is 0 Å². The van der Waals surface area contributed by atoms with E-state index in [0.717, 1.165) is 12.8 Å². The summed E-state index contributed by atoms with van der Waals surface area (Å²) in [4.78, 5) is 0. The highest BCUT2D eigenvalue weighted by atomic mass is 16.7. The van der Waals surface area contributed by atoms with Gasteiger partial charge < -0.3 is 14.2 Å². The Balaban J connectivity index is 3.70. The van der Waals surface area contributed by atoms with Crippen molar-refractivity contribution < 1.29 is 14.2 Å². The minimum Gasteiger partial charge on any atom is -0.381 e. The van der Waals surface area contributed by atoms with E-state index >= 15 is 0 Å². The van der Waals surface area contributed by atoms with Crippen LogP contribution < -0.4 is 0 Å². The summed E-state index contributed by atoms with van der Waals surface area (Å²) in [6.07, 6.45) is 7.18. The lowest BCUT2D eigenvalue weighted by Gasteiger charge is -2.21. The van der Waals surface area contributed by atoms with Crippen LogP contribution in [-0.2, 0) is 14.2 Å². The Morgan fingerprint density at radius 3 is 2.19 bits per heavy atom. The maximum absolute atomic E-state index is 5.45. The molecule has 16 heavy (non-hydrogen) atoms. The minimum absolute atomic E-state index is 0.124. The van der Waals surface area contributed by atoms with Crippen molar-refractivity contribution >= 4 is 0 Å². The molecule has 3 heteroatoms. The van der Waals surface area contributed by atoms with Crippen molar-refractivity contribution in [3.8, 4) is 0 Å². The van der Waals surface area contributed by atoms with E-state index in [2.05, 4.69) is 6.92 Å². The Labute approximate surface area is 100 Å². The molecule has 0 saturated carbocycles. The number of hydrogen-bond acceptors (Lipinski definition) is 3. The van der Waals surface area contributed by atoms with Gasteiger partial charge in [0.15, 0.2) is 6.29 Å². The summed E-state index contributed by atoms with van der Waals surface area (Å²) < 4.78 is 16.1. The Kier molecular flexibility index (Phi) is 11.3. The molecule has 0 saturated heterocycles. The molecule has 0 spiro atoms. The first kappa shape index (κ1) is 15.9. The molecule has 0 aliphatic heterocycles. The quantitative estimate of drug-likeness (QED) is 0.404. The van der Waals surface area contributed by atoms with E-state index in [9.17, 15) is 0 Å². The van der Waals surface area contributed by atoms with Gasteiger partial charge in [0.1, 0.15) is 0 Å². The molecule has 0 aliphatic carbocycles. The molecule has 0 N–H and O–H groups in total. The van der Waals surface area contributed by atoms with E-state index in [1.54, 1.807) is 14.2 Å². The highest BCUT2D eigenvalue weighted by Gasteiger charge is 2.15. The topological polar surface area (TPSA) is 27.7 Å². The molecule has 0 aromatic heterocycles. The van der Waals surface area contributed by atoms with E-state index in [1.807, 2.05) is 6.92 Å². The summed E-state index contributed by atoms with van der Waals surface area (Å²) in [5, 5.41) is 0. The number of ether oxygens (including phenoxy) is 3. The standard InChI is InChI=1S/C13H28O3/c1-5-7-8-9-10-12(14-3)11-13(15-4)16-6-2/h12-13H,5-11H2,1-4H3/t12-,13+/m0/s1. The van der Waals surface area contributed by atoms with Gasteiger partial charge in [0, 0.05) is 27.2 Å². The first-order valence-electron chi connectivity index (χ1n) is 6.45. The van der Waals surface area contributed by atoms with Gasteiger partial charge in [-0.15, -0.1) is 0 Å². The predicted octanol–water partition coefficient (Wildman–Crippen LogP) is 3.37. The lowest BCUT2D eigenvalue weighted by atomic mass is 10.1. The second-order valence-corrected chi connectivity index (χ2v) is 4.06. The molecule has 0 bridgehead atoms. The van der Waals surface area contributed by atoms with Crippen molar-refractivity contribution in [2.45, 2.75) is 64.8 Å². The smallest absolute Gasteiger partial charge is 0.159 e. The average molecular weight is 232 g/mol. The molecule has 0 radical (unpaired) electrons. The summed E-state index contributed by atoms with van der Waals surface area (Å²) in [5.74, 6) is 0. The van der Waals surface area contributed by atoms with Gasteiger partial charge in [-0.1, -0.05) is 32.6 Å². The highest BCUT2D eigenvalue weighted by molar-refractivity contribution is 4.61. The zero-order valence-corrected chi connectivity index (χ0v) is 11.3. The van der Waals surface area contributed by atoms with Crippen molar-refractivity contribution in [3.05, 3.63) is 0 Å². The summed E-state index contributed by atoms with van der Waals surface area (Å²) >= 11 is 0. The largest absolute Gasteiger partial charge is 0.381 e. The number of rotatable bonds is 11. The zero-order chi connectivity index (χ0) is 12.2. The van der Waals surface area contributed by atoms with Crippen LogP contribution in [0.25, 0.3) is 0 Å². The average Bonchev–Trinajstić information content (AvgIpc) is 2.31. The van der Waals surface area contributed by atoms with Crippen molar-refractivity contribution in [3.63, 3.8) is 0 Å². The first-order chi connectivity index (χ1) is 7.78. The Hall–Kier alpha value is -0.120. The van der Waals surface area contributed by atoms with Crippen LogP contribution in [0.3, 0.4) is 0 Å². The molecule has 0 heterocycles. The van der Waals surface area contributed by atoms with Crippen LogP contribution in [-0.4, -0.2) is 33.2 Å². The van der Waals surface area contributed by atoms with Crippen LogP contribution in [0.5, 0.6) is 0 Å². The summed E-state index contributed by atoms with van der Waals surface area (Å²) in [6, 6.07) is 0. The number of hydrogen-bond donors (Lipinski definition) is 0. The maximum Gasteiger partial charge on any atom is 0.159 e. The molecule has 0 amide bonds. The Bertz CT molecular complexity index is 139.